The summed E-state index contributed by atoms with van der Waals surface area (Å²) >= 11 is 0. The Kier molecular flexibility index (Phi) is 7.94. The molecule has 0 saturated heterocycles. The molecule has 2 aromatic rings. The van der Waals surface area contributed by atoms with Gasteiger partial charge in [-0.05, 0) is 63.8 Å². The second-order valence-corrected chi connectivity index (χ2v) is 11.1. The second kappa shape index (κ2) is 9.79. The van der Waals surface area contributed by atoms with Crippen LogP contribution >= 0.6 is 7.60 Å². The molecule has 4 N–H and O–H groups in total. The number of carbonyl (C=O) groups excluding carboxylic acids is 1. The number of carboxylic acids is 1. The third-order valence-electron chi connectivity index (χ3n) is 5.76. The minimum absolute atomic E-state index is 0.123. The number of aliphatic carboxylic acids is 1. The third-order valence-corrected chi connectivity index (χ3v) is 7.75. The number of hydrogen-bond acceptors (Lipinski definition) is 5. The molecule has 0 aliphatic carbocycles. The summed E-state index contributed by atoms with van der Waals surface area (Å²) in [7, 11) is -4.65. The molecule has 1 heterocycles. The zero-order chi connectivity index (χ0) is 25.2. The first kappa shape index (κ1) is 26.8. The lowest BCUT2D eigenvalue weighted by molar-refractivity contribution is -0.138. The topological polar surface area (TPSA) is 146 Å². The predicted molar refractivity (Wildman–Crippen MR) is 125 cm³/mol. The van der Waals surface area contributed by atoms with Crippen LogP contribution in [0, 0.1) is 0 Å². The molecule has 0 saturated carbocycles. The van der Waals surface area contributed by atoms with E-state index < -0.39 is 36.3 Å². The maximum Gasteiger partial charge on any atom is 0.407 e. The van der Waals surface area contributed by atoms with Gasteiger partial charge in [-0.2, -0.15) is 0 Å². The number of nitrogens with zero attached hydrogens (tertiary/aromatic N) is 1. The lowest BCUT2D eigenvalue weighted by Crippen LogP contribution is -2.32. The SMILES string of the molecule is CCC(CC)(c1cc2ccc(CNC(=O)OC(C)(C)C)cc2nc1C(C)C(=O)O)P(=O)(O)O. The molecule has 0 aliphatic heterocycles. The molecule has 0 bridgehead atoms. The van der Waals surface area contributed by atoms with Gasteiger partial charge in [-0.25, -0.2) is 4.79 Å². The number of carboxylic acid groups (broad SMARTS) is 1. The molecule has 9 nitrogen and oxygen atoms in total. The van der Waals surface area contributed by atoms with Gasteiger partial charge in [-0.15, -0.1) is 0 Å². The van der Waals surface area contributed by atoms with E-state index in [2.05, 4.69) is 10.3 Å². The van der Waals surface area contributed by atoms with Crippen LogP contribution in [0.1, 0.15) is 77.1 Å². The Morgan fingerprint density at radius 3 is 2.24 bits per heavy atom. The van der Waals surface area contributed by atoms with Crippen molar-refractivity contribution in [3.8, 4) is 0 Å². The van der Waals surface area contributed by atoms with Crippen LogP contribution in [0.2, 0.25) is 0 Å². The number of fused-ring (bicyclic) bond motifs is 1. The standard InChI is InChI=1S/C23H33N2O7P/c1-7-23(8-2,33(29,30)31)17-12-16-10-9-15(13-24-21(28)32-22(4,5)6)11-18(16)25-19(17)14(3)20(26)27/h9-12,14H,7-8,13H2,1-6H3,(H,24,28)(H,26,27)(H2,29,30,31). The van der Waals surface area contributed by atoms with Gasteiger partial charge in [-0.1, -0.05) is 26.0 Å². The van der Waals surface area contributed by atoms with Gasteiger partial charge in [0.25, 0.3) is 0 Å². The highest BCUT2D eigenvalue weighted by atomic mass is 31.2. The van der Waals surface area contributed by atoms with Crippen molar-refractivity contribution in [2.24, 2.45) is 0 Å². The number of carbonyl (C=O) groups is 2. The molecule has 10 heteroatoms. The Hall–Kier alpha value is -2.48. The summed E-state index contributed by atoms with van der Waals surface area (Å²) in [6.07, 6.45) is -0.320. The molecule has 0 fully saturated rings. The van der Waals surface area contributed by atoms with Crippen LogP contribution in [0.3, 0.4) is 0 Å². The summed E-state index contributed by atoms with van der Waals surface area (Å²) in [6, 6.07) is 6.85. The molecule has 1 aromatic carbocycles. The summed E-state index contributed by atoms with van der Waals surface area (Å²) < 4.78 is 17.8. The largest absolute Gasteiger partial charge is 0.481 e. The number of rotatable bonds is 8. The van der Waals surface area contributed by atoms with E-state index in [0.717, 1.165) is 5.56 Å². The van der Waals surface area contributed by atoms with Crippen molar-refractivity contribution in [3.05, 3.63) is 41.1 Å². The van der Waals surface area contributed by atoms with Crippen molar-refractivity contribution in [2.45, 2.75) is 77.6 Å². The molecule has 1 amide bonds. The van der Waals surface area contributed by atoms with Gasteiger partial charge in [0.05, 0.1) is 22.3 Å². The highest BCUT2D eigenvalue weighted by Gasteiger charge is 2.48. The fourth-order valence-electron chi connectivity index (χ4n) is 3.85. The number of pyridine rings is 1. The first-order chi connectivity index (χ1) is 15.1. The van der Waals surface area contributed by atoms with Gasteiger partial charge in [-0.3, -0.25) is 14.3 Å². The predicted octanol–water partition coefficient (Wildman–Crippen LogP) is 4.64. The van der Waals surface area contributed by atoms with E-state index >= 15 is 0 Å². The summed E-state index contributed by atoms with van der Waals surface area (Å²) in [5.41, 5.74) is 0.936. The van der Waals surface area contributed by atoms with Crippen molar-refractivity contribution in [1.82, 2.24) is 10.3 Å². The van der Waals surface area contributed by atoms with Gasteiger partial charge >= 0.3 is 19.7 Å². The van der Waals surface area contributed by atoms with Crippen molar-refractivity contribution in [3.63, 3.8) is 0 Å². The summed E-state index contributed by atoms with van der Waals surface area (Å²) in [4.78, 5) is 48.8. The average molecular weight is 480 g/mol. The van der Waals surface area contributed by atoms with E-state index in [1.807, 2.05) is 0 Å². The van der Waals surface area contributed by atoms with Gasteiger partial charge < -0.3 is 24.9 Å². The average Bonchev–Trinajstić information content (AvgIpc) is 2.70. The van der Waals surface area contributed by atoms with Crippen molar-refractivity contribution < 1.29 is 33.8 Å². The Morgan fingerprint density at radius 2 is 1.76 bits per heavy atom. The highest BCUT2D eigenvalue weighted by Crippen LogP contribution is 2.62. The van der Waals surface area contributed by atoms with Crippen molar-refractivity contribution >= 4 is 30.6 Å². The van der Waals surface area contributed by atoms with Crippen LogP contribution in [-0.4, -0.2) is 37.5 Å². The molecule has 2 rings (SSSR count). The Labute approximate surface area is 193 Å². The van der Waals surface area contributed by atoms with Crippen LogP contribution in [0.25, 0.3) is 10.9 Å². The van der Waals surface area contributed by atoms with Crippen molar-refractivity contribution in [1.29, 1.82) is 0 Å². The zero-order valence-electron chi connectivity index (χ0n) is 19.9. The molecular weight excluding hydrogens is 447 g/mol. The van der Waals surface area contributed by atoms with E-state index in [-0.39, 0.29) is 30.6 Å². The van der Waals surface area contributed by atoms with E-state index in [1.54, 1.807) is 58.9 Å². The van der Waals surface area contributed by atoms with E-state index in [9.17, 15) is 29.0 Å². The van der Waals surface area contributed by atoms with Crippen LogP contribution in [-0.2, 0) is 25.8 Å². The molecule has 0 radical (unpaired) electrons. The molecule has 1 aromatic heterocycles. The summed E-state index contributed by atoms with van der Waals surface area (Å²) in [5, 5.41) is 11.4. The number of ether oxygens (including phenoxy) is 1. The highest BCUT2D eigenvalue weighted by molar-refractivity contribution is 7.53. The maximum atomic E-state index is 12.6. The normalized spacial score (nSPS) is 13.6. The molecule has 33 heavy (non-hydrogen) atoms. The number of hydrogen-bond donors (Lipinski definition) is 4. The van der Waals surface area contributed by atoms with Gasteiger partial charge in [0, 0.05) is 11.9 Å². The minimum atomic E-state index is -4.65. The Bertz CT molecular complexity index is 1080. The molecule has 182 valence electrons. The van der Waals surface area contributed by atoms with E-state index in [4.69, 9.17) is 4.74 Å². The fourth-order valence-corrected chi connectivity index (χ4v) is 5.16. The molecule has 1 unspecified atom stereocenters. The second-order valence-electron chi connectivity index (χ2n) is 9.15. The van der Waals surface area contributed by atoms with Gasteiger partial charge in [0.1, 0.15) is 5.60 Å². The number of alkyl carbamates (subject to hydrolysis) is 1. The first-order valence-electron chi connectivity index (χ1n) is 10.8. The molecular formula is C23H33N2O7P. The number of nitrogens with one attached hydrogen (secondary N) is 1. The summed E-state index contributed by atoms with van der Waals surface area (Å²) in [5.74, 6) is -2.21. The van der Waals surface area contributed by atoms with E-state index in [0.29, 0.717) is 10.9 Å². The van der Waals surface area contributed by atoms with Crippen LogP contribution in [0.5, 0.6) is 0 Å². The first-order valence-corrected chi connectivity index (χ1v) is 12.5. The summed E-state index contributed by atoms with van der Waals surface area (Å²) in [6.45, 7) is 10.3. The Morgan fingerprint density at radius 1 is 1.15 bits per heavy atom. The lowest BCUT2D eigenvalue weighted by atomic mass is 9.86. The monoisotopic (exact) mass is 480 g/mol. The quantitative estimate of drug-likeness (QED) is 0.400. The van der Waals surface area contributed by atoms with Crippen LogP contribution < -0.4 is 5.32 Å². The number of benzene rings is 1. The minimum Gasteiger partial charge on any atom is -0.481 e. The van der Waals surface area contributed by atoms with E-state index in [1.165, 1.54) is 6.92 Å². The zero-order valence-corrected chi connectivity index (χ0v) is 20.8. The van der Waals surface area contributed by atoms with Gasteiger partial charge in [0.15, 0.2) is 0 Å². The lowest BCUT2D eigenvalue weighted by Gasteiger charge is -2.35. The molecule has 1 atom stereocenters. The third kappa shape index (κ3) is 5.91. The van der Waals surface area contributed by atoms with Crippen molar-refractivity contribution in [2.75, 3.05) is 0 Å². The number of amides is 1. The maximum absolute atomic E-state index is 12.6. The molecule has 0 aliphatic rings. The molecule has 0 spiro atoms. The van der Waals surface area contributed by atoms with Crippen LogP contribution in [0.4, 0.5) is 4.79 Å². The van der Waals surface area contributed by atoms with Crippen LogP contribution in [0.15, 0.2) is 24.3 Å². The Balaban J connectivity index is 2.59. The number of aromatic nitrogens is 1. The smallest absolute Gasteiger partial charge is 0.407 e. The van der Waals surface area contributed by atoms with Gasteiger partial charge in [0.2, 0.25) is 0 Å². The fraction of sp³-hybridized carbons (Fsp3) is 0.522.